The molecule has 1 atom stereocenters. The second-order valence-electron chi connectivity index (χ2n) is 2.14. The Labute approximate surface area is 98.4 Å². The fourth-order valence-corrected chi connectivity index (χ4v) is 0.664. The van der Waals surface area contributed by atoms with Crippen molar-refractivity contribution in [2.24, 2.45) is 5.73 Å². The molecule has 0 radical (unpaired) electrons. The molecule has 0 bridgehead atoms. The Morgan fingerprint density at radius 3 is 1.31 bits per heavy atom. The normalized spacial score (nSPS) is 7.69. The average molecular weight is 252 g/mol. The lowest BCUT2D eigenvalue weighted by Gasteiger charge is -2.06. The van der Waals surface area contributed by atoms with Crippen molar-refractivity contribution in [1.29, 1.82) is 0 Å². The zero-order chi connectivity index (χ0) is 7.11. The number of nitrogens with two attached hydrogens (primary N) is 1. The van der Waals surface area contributed by atoms with Gasteiger partial charge in [-0.25, -0.2) is 0 Å². The molecule has 0 aromatic heterocycles. The maximum absolute atomic E-state index is 8.39. The van der Waals surface area contributed by atoms with Crippen molar-refractivity contribution in [2.75, 3.05) is 13.2 Å². The Morgan fingerprint density at radius 1 is 0.688 bits per heavy atom. The van der Waals surface area contributed by atoms with Gasteiger partial charge in [0, 0.05) is 19.3 Å². The summed E-state index contributed by atoms with van der Waals surface area (Å²) in [6, 6.07) is 0.0575. The van der Waals surface area contributed by atoms with Gasteiger partial charge in [0.25, 0.3) is 0 Å². The summed E-state index contributed by atoms with van der Waals surface area (Å²) in [6.07, 6.45) is 2.18. The standard InChI is InChI=1S/C6H15NO2.7H3N/c7-6(3-5-9)2-1-4-8;;;;;;;/h6,8-9H,1-5,7H2;7*1H3. The van der Waals surface area contributed by atoms with Gasteiger partial charge in [0.05, 0.1) is 0 Å². The molecule has 0 rings (SSSR count). The second-order valence-corrected chi connectivity index (χ2v) is 2.14. The fraction of sp³-hybridized carbons (Fsp3) is 1.00. The molecule has 16 heavy (non-hydrogen) atoms. The van der Waals surface area contributed by atoms with Crippen LogP contribution in [0, 0.1) is 0 Å². The van der Waals surface area contributed by atoms with Crippen molar-refractivity contribution in [2.45, 2.75) is 25.3 Å². The van der Waals surface area contributed by atoms with E-state index in [2.05, 4.69) is 0 Å². The number of rotatable bonds is 5. The highest BCUT2D eigenvalue weighted by molar-refractivity contribution is 4.58. The molecule has 10 nitrogen and oxygen atoms in total. The van der Waals surface area contributed by atoms with E-state index >= 15 is 0 Å². The first-order valence-corrected chi connectivity index (χ1v) is 3.28. The highest BCUT2D eigenvalue weighted by Gasteiger charge is 1.98. The molecule has 0 aliphatic rings. The van der Waals surface area contributed by atoms with Crippen LogP contribution in [-0.2, 0) is 0 Å². The SMILES string of the molecule is N.N.N.N.N.N.N.NC(CCO)CCCO. The third kappa shape index (κ3) is 49.6. The van der Waals surface area contributed by atoms with Gasteiger partial charge < -0.3 is 59.0 Å². The molecule has 0 heterocycles. The Hall–Kier alpha value is -0.400. The van der Waals surface area contributed by atoms with Crippen LogP contribution < -0.4 is 48.8 Å². The molecule has 0 fully saturated rings. The maximum Gasteiger partial charge on any atom is 0.0445 e. The van der Waals surface area contributed by atoms with Crippen molar-refractivity contribution in [1.82, 2.24) is 43.1 Å². The molecule has 0 aromatic carbocycles. The molecule has 112 valence electrons. The minimum atomic E-state index is 0. The quantitative estimate of drug-likeness (QED) is 0.324. The molecule has 0 amide bonds. The van der Waals surface area contributed by atoms with Crippen LogP contribution in [0.3, 0.4) is 0 Å². The Balaban J connectivity index is -0.0000000152. The van der Waals surface area contributed by atoms with Crippen LogP contribution >= 0.6 is 0 Å². The summed E-state index contributed by atoms with van der Waals surface area (Å²) in [7, 11) is 0. The molecule has 1 unspecified atom stereocenters. The number of hydrogen-bond acceptors (Lipinski definition) is 10. The fourth-order valence-electron chi connectivity index (χ4n) is 0.664. The molecule has 0 aliphatic heterocycles. The molecule has 0 saturated carbocycles. The summed E-state index contributed by atoms with van der Waals surface area (Å²) < 4.78 is 0. The average Bonchev–Trinajstić information content (AvgIpc) is 1.85. The summed E-state index contributed by atoms with van der Waals surface area (Å²) in [5.41, 5.74) is 5.50. The van der Waals surface area contributed by atoms with Crippen LogP contribution in [0.4, 0.5) is 0 Å². The Bertz CT molecular complexity index is 70.5. The lowest BCUT2D eigenvalue weighted by molar-refractivity contribution is 0.254. The molecule has 0 aliphatic carbocycles. The lowest BCUT2D eigenvalue weighted by Crippen LogP contribution is -2.21. The van der Waals surface area contributed by atoms with Crippen molar-refractivity contribution in [3.63, 3.8) is 0 Å². The molecule has 0 spiro atoms. The first-order chi connectivity index (χ1) is 4.31. The molecule has 0 aromatic rings. The Kier molecular flexibility index (Phi) is 168. The van der Waals surface area contributed by atoms with Gasteiger partial charge in [-0.1, -0.05) is 0 Å². The van der Waals surface area contributed by atoms with Crippen LogP contribution in [0.2, 0.25) is 0 Å². The number of aliphatic hydroxyl groups is 2. The molecular formula is C6H36N8O2. The monoisotopic (exact) mass is 252 g/mol. The largest absolute Gasteiger partial charge is 0.396 e. The van der Waals surface area contributed by atoms with E-state index in [1.807, 2.05) is 0 Å². The minimum Gasteiger partial charge on any atom is -0.396 e. The summed E-state index contributed by atoms with van der Waals surface area (Å²) in [6.45, 7) is 0.339. The highest BCUT2D eigenvalue weighted by Crippen LogP contribution is 1.96. The van der Waals surface area contributed by atoms with Crippen LogP contribution in [-0.4, -0.2) is 29.5 Å². The first-order valence-electron chi connectivity index (χ1n) is 3.28. The van der Waals surface area contributed by atoms with Crippen LogP contribution in [0.15, 0.2) is 0 Å². The number of hydrogen-bond donors (Lipinski definition) is 10. The van der Waals surface area contributed by atoms with Crippen molar-refractivity contribution >= 4 is 0 Å². The van der Waals surface area contributed by atoms with Gasteiger partial charge in [0.2, 0.25) is 0 Å². The van der Waals surface area contributed by atoms with Crippen molar-refractivity contribution in [3.8, 4) is 0 Å². The van der Waals surface area contributed by atoms with Crippen LogP contribution in [0.5, 0.6) is 0 Å². The maximum atomic E-state index is 8.39. The smallest absolute Gasteiger partial charge is 0.0445 e. The van der Waals surface area contributed by atoms with Gasteiger partial charge in [-0.05, 0) is 19.3 Å². The van der Waals surface area contributed by atoms with Gasteiger partial charge >= 0.3 is 0 Å². The predicted octanol–water partition coefficient (Wildman–Crippen LogP) is 0.603. The van der Waals surface area contributed by atoms with Crippen molar-refractivity contribution in [3.05, 3.63) is 0 Å². The van der Waals surface area contributed by atoms with E-state index in [1.54, 1.807) is 0 Å². The summed E-state index contributed by atoms with van der Waals surface area (Å²) in [5, 5.41) is 16.8. The van der Waals surface area contributed by atoms with Crippen molar-refractivity contribution < 1.29 is 10.2 Å². The van der Waals surface area contributed by atoms with Gasteiger partial charge in [-0.15, -0.1) is 0 Å². The molecular weight excluding hydrogens is 216 g/mol. The zero-order valence-electron chi connectivity index (χ0n) is 10.5. The molecule has 10 heteroatoms. The third-order valence-electron chi connectivity index (χ3n) is 1.23. The second kappa shape index (κ2) is 46.8. The highest BCUT2D eigenvalue weighted by atomic mass is 16.3. The van der Waals surface area contributed by atoms with Gasteiger partial charge in [-0.3, -0.25) is 0 Å². The number of aliphatic hydroxyl groups excluding tert-OH is 2. The lowest BCUT2D eigenvalue weighted by atomic mass is 10.1. The molecule has 0 saturated heterocycles. The third-order valence-corrected chi connectivity index (χ3v) is 1.23. The summed E-state index contributed by atoms with van der Waals surface area (Å²) in [5.74, 6) is 0. The van der Waals surface area contributed by atoms with Crippen LogP contribution in [0.25, 0.3) is 0 Å². The first kappa shape index (κ1) is 57.6. The summed E-state index contributed by atoms with van der Waals surface area (Å²) in [4.78, 5) is 0. The Morgan fingerprint density at radius 2 is 1.06 bits per heavy atom. The van der Waals surface area contributed by atoms with Gasteiger partial charge in [0.15, 0.2) is 0 Å². The van der Waals surface area contributed by atoms with E-state index in [9.17, 15) is 0 Å². The van der Waals surface area contributed by atoms with E-state index < -0.39 is 0 Å². The van der Waals surface area contributed by atoms with Gasteiger partial charge in [0.1, 0.15) is 0 Å². The van der Waals surface area contributed by atoms with E-state index in [4.69, 9.17) is 15.9 Å². The topological polar surface area (TPSA) is 311 Å². The van der Waals surface area contributed by atoms with E-state index in [0.717, 1.165) is 12.8 Å². The van der Waals surface area contributed by atoms with Gasteiger partial charge in [-0.2, -0.15) is 0 Å². The van der Waals surface area contributed by atoms with E-state index in [-0.39, 0.29) is 62.3 Å². The molecule has 25 N–H and O–H groups in total. The van der Waals surface area contributed by atoms with E-state index in [1.165, 1.54) is 0 Å². The van der Waals surface area contributed by atoms with E-state index in [0.29, 0.717) is 6.42 Å². The zero-order valence-corrected chi connectivity index (χ0v) is 10.5. The predicted molar refractivity (Wildman–Crippen MR) is 71.2 cm³/mol. The van der Waals surface area contributed by atoms with Crippen LogP contribution in [0.1, 0.15) is 19.3 Å². The minimum absolute atomic E-state index is 0. The summed E-state index contributed by atoms with van der Waals surface area (Å²) >= 11 is 0.